The SMILES string of the molecule is CCCCOC(O)c1cccc2c1OB(O)[C@@H](NC(C)=O)C2. The first-order valence-electron chi connectivity index (χ1n) is 7.56. The molecule has 1 heterocycles. The van der Waals surface area contributed by atoms with E-state index < -0.39 is 19.3 Å². The van der Waals surface area contributed by atoms with Gasteiger partial charge >= 0.3 is 7.12 Å². The Hall–Kier alpha value is -1.57. The van der Waals surface area contributed by atoms with Gasteiger partial charge in [-0.2, -0.15) is 0 Å². The second kappa shape index (κ2) is 7.62. The van der Waals surface area contributed by atoms with Gasteiger partial charge in [-0.15, -0.1) is 0 Å². The first kappa shape index (κ1) is 16.8. The summed E-state index contributed by atoms with van der Waals surface area (Å²) in [5.41, 5.74) is 1.31. The van der Waals surface area contributed by atoms with Crippen LogP contribution in [-0.2, 0) is 16.0 Å². The zero-order chi connectivity index (χ0) is 16.1. The van der Waals surface area contributed by atoms with Crippen LogP contribution in [0.2, 0.25) is 0 Å². The number of nitrogens with one attached hydrogen (secondary N) is 1. The number of carbonyl (C=O) groups is 1. The first-order chi connectivity index (χ1) is 10.5. The number of benzene rings is 1. The Kier molecular flexibility index (Phi) is 5.82. The van der Waals surface area contributed by atoms with Crippen molar-refractivity contribution in [3.05, 3.63) is 29.3 Å². The van der Waals surface area contributed by atoms with Gasteiger partial charge in [-0.3, -0.25) is 4.79 Å². The maximum atomic E-state index is 11.2. The lowest BCUT2D eigenvalue weighted by Gasteiger charge is -2.30. The molecular weight excluding hydrogens is 285 g/mol. The van der Waals surface area contributed by atoms with Gasteiger partial charge in [0.05, 0.1) is 12.5 Å². The lowest BCUT2D eigenvalue weighted by Crippen LogP contribution is -2.52. The summed E-state index contributed by atoms with van der Waals surface area (Å²) in [6.45, 7) is 3.89. The Bertz CT molecular complexity index is 525. The van der Waals surface area contributed by atoms with Crippen LogP contribution < -0.4 is 9.97 Å². The summed E-state index contributed by atoms with van der Waals surface area (Å²) < 4.78 is 10.9. The third-order valence-electron chi connectivity index (χ3n) is 3.58. The van der Waals surface area contributed by atoms with Crippen LogP contribution in [0.1, 0.15) is 44.1 Å². The molecule has 6 nitrogen and oxygen atoms in total. The molecule has 1 aliphatic heterocycles. The second-order valence-corrected chi connectivity index (χ2v) is 5.43. The van der Waals surface area contributed by atoms with Gasteiger partial charge in [0.1, 0.15) is 5.75 Å². The van der Waals surface area contributed by atoms with Crippen LogP contribution in [-0.4, -0.2) is 35.7 Å². The van der Waals surface area contributed by atoms with E-state index in [9.17, 15) is 14.9 Å². The van der Waals surface area contributed by atoms with Crippen molar-refractivity contribution in [2.45, 2.75) is 45.3 Å². The Morgan fingerprint density at radius 1 is 1.59 bits per heavy atom. The average molecular weight is 307 g/mol. The number of amides is 1. The van der Waals surface area contributed by atoms with E-state index in [0.717, 1.165) is 18.4 Å². The number of fused-ring (bicyclic) bond motifs is 1. The standard InChI is InChI=1S/C15H22BNO5/c1-3-4-8-21-15(19)12-7-5-6-11-9-13(17-10(2)18)16(20)22-14(11)12/h5-7,13,15,19-20H,3-4,8-9H2,1-2H3,(H,17,18)/t13-,15?/m0/s1. The summed E-state index contributed by atoms with van der Waals surface area (Å²) >= 11 is 0. The summed E-state index contributed by atoms with van der Waals surface area (Å²) in [4.78, 5) is 11.2. The fourth-order valence-electron chi connectivity index (χ4n) is 2.46. The van der Waals surface area contributed by atoms with Crippen molar-refractivity contribution in [3.63, 3.8) is 0 Å². The third kappa shape index (κ3) is 4.00. The molecule has 2 rings (SSSR count). The smallest absolute Gasteiger partial charge is 0.534 e. The molecule has 0 saturated heterocycles. The van der Waals surface area contributed by atoms with Crippen LogP contribution in [0, 0.1) is 0 Å². The van der Waals surface area contributed by atoms with Gasteiger partial charge < -0.3 is 24.8 Å². The normalized spacial score (nSPS) is 18.4. The maximum Gasteiger partial charge on any atom is 0.547 e. The van der Waals surface area contributed by atoms with Crippen molar-refractivity contribution in [2.24, 2.45) is 0 Å². The third-order valence-corrected chi connectivity index (χ3v) is 3.58. The molecule has 22 heavy (non-hydrogen) atoms. The minimum Gasteiger partial charge on any atom is -0.534 e. The van der Waals surface area contributed by atoms with E-state index in [-0.39, 0.29) is 5.91 Å². The molecule has 1 amide bonds. The van der Waals surface area contributed by atoms with Gasteiger partial charge in [-0.25, -0.2) is 0 Å². The Balaban J connectivity index is 2.15. The van der Waals surface area contributed by atoms with Gasteiger partial charge in [0.2, 0.25) is 5.91 Å². The Labute approximate surface area is 130 Å². The van der Waals surface area contributed by atoms with Crippen LogP contribution >= 0.6 is 0 Å². The molecule has 7 heteroatoms. The van der Waals surface area contributed by atoms with Gasteiger partial charge in [-0.1, -0.05) is 31.5 Å². The quantitative estimate of drug-likeness (QED) is 0.414. The fourth-order valence-corrected chi connectivity index (χ4v) is 2.46. The predicted octanol–water partition coefficient (Wildman–Crippen LogP) is 0.954. The summed E-state index contributed by atoms with van der Waals surface area (Å²) in [6, 6.07) is 5.35. The molecule has 1 aromatic rings. The molecule has 0 fully saturated rings. The molecule has 0 radical (unpaired) electrons. The number of hydrogen-bond acceptors (Lipinski definition) is 5. The van der Waals surface area contributed by atoms with Gasteiger partial charge in [0, 0.05) is 12.5 Å². The molecule has 2 atom stereocenters. The van der Waals surface area contributed by atoms with Crippen molar-refractivity contribution in [3.8, 4) is 5.75 Å². The van der Waals surface area contributed by atoms with Crippen molar-refractivity contribution >= 4 is 13.0 Å². The number of unbranched alkanes of at least 4 members (excludes halogenated alkanes) is 1. The number of hydrogen-bond donors (Lipinski definition) is 3. The first-order valence-corrected chi connectivity index (χ1v) is 7.56. The summed E-state index contributed by atoms with van der Waals surface area (Å²) in [5.74, 6) is -0.297. The van der Waals surface area contributed by atoms with Crippen molar-refractivity contribution in [1.29, 1.82) is 0 Å². The summed E-state index contributed by atoms with van der Waals surface area (Å²) in [6.07, 6.45) is 1.19. The predicted molar refractivity (Wildman–Crippen MR) is 82.2 cm³/mol. The van der Waals surface area contributed by atoms with Crippen LogP contribution in [0.15, 0.2) is 18.2 Å². The molecule has 0 saturated carbocycles. The van der Waals surface area contributed by atoms with E-state index in [4.69, 9.17) is 9.39 Å². The number of para-hydroxylation sites is 1. The summed E-state index contributed by atoms with van der Waals surface area (Å²) in [7, 11) is -1.15. The molecule has 0 bridgehead atoms. The van der Waals surface area contributed by atoms with E-state index >= 15 is 0 Å². The van der Waals surface area contributed by atoms with Crippen LogP contribution in [0.25, 0.3) is 0 Å². The molecule has 1 unspecified atom stereocenters. The summed E-state index contributed by atoms with van der Waals surface area (Å²) in [5, 5.41) is 22.8. The van der Waals surface area contributed by atoms with Gasteiger partial charge in [0.25, 0.3) is 0 Å². The number of rotatable bonds is 6. The van der Waals surface area contributed by atoms with E-state index in [2.05, 4.69) is 5.32 Å². The van der Waals surface area contributed by atoms with Crippen LogP contribution in [0.4, 0.5) is 0 Å². The van der Waals surface area contributed by atoms with E-state index in [1.165, 1.54) is 6.92 Å². The Morgan fingerprint density at radius 2 is 2.36 bits per heavy atom. The maximum absolute atomic E-state index is 11.2. The minimum atomic E-state index is -1.15. The molecule has 0 aliphatic carbocycles. The lowest BCUT2D eigenvalue weighted by atomic mass is 9.72. The minimum absolute atomic E-state index is 0.227. The number of carbonyl (C=O) groups excluding carboxylic acids is 1. The van der Waals surface area contributed by atoms with Gasteiger partial charge in [-0.05, 0) is 18.4 Å². The van der Waals surface area contributed by atoms with Crippen molar-refractivity contribution in [2.75, 3.05) is 6.61 Å². The van der Waals surface area contributed by atoms with E-state index in [1.807, 2.05) is 13.0 Å². The molecule has 3 N–H and O–H groups in total. The molecule has 0 aromatic heterocycles. The number of aliphatic hydroxyl groups is 1. The largest absolute Gasteiger partial charge is 0.547 e. The zero-order valence-electron chi connectivity index (χ0n) is 12.9. The molecule has 120 valence electrons. The molecule has 1 aliphatic rings. The second-order valence-electron chi connectivity index (χ2n) is 5.43. The fraction of sp³-hybridized carbons (Fsp3) is 0.533. The van der Waals surface area contributed by atoms with Crippen LogP contribution in [0.5, 0.6) is 5.75 Å². The highest BCUT2D eigenvalue weighted by Crippen LogP contribution is 2.34. The molecule has 0 spiro atoms. The van der Waals surface area contributed by atoms with E-state index in [1.54, 1.807) is 12.1 Å². The average Bonchev–Trinajstić information content (AvgIpc) is 2.47. The topological polar surface area (TPSA) is 88.0 Å². The Morgan fingerprint density at radius 3 is 3.05 bits per heavy atom. The van der Waals surface area contributed by atoms with Crippen molar-refractivity contribution < 1.29 is 24.3 Å². The number of aliphatic hydroxyl groups excluding tert-OH is 1. The van der Waals surface area contributed by atoms with Crippen molar-refractivity contribution in [1.82, 2.24) is 5.32 Å². The number of ether oxygens (including phenoxy) is 1. The zero-order valence-corrected chi connectivity index (χ0v) is 12.9. The lowest BCUT2D eigenvalue weighted by molar-refractivity contribution is -0.119. The molecule has 1 aromatic carbocycles. The highest BCUT2D eigenvalue weighted by atomic mass is 16.6. The monoisotopic (exact) mass is 307 g/mol. The van der Waals surface area contributed by atoms with E-state index in [0.29, 0.717) is 24.3 Å². The molecular formula is C15H22BNO5. The highest BCUT2D eigenvalue weighted by molar-refractivity contribution is 6.46. The van der Waals surface area contributed by atoms with Gasteiger partial charge in [0.15, 0.2) is 6.29 Å². The van der Waals surface area contributed by atoms with Crippen LogP contribution in [0.3, 0.4) is 0 Å². The highest BCUT2D eigenvalue weighted by Gasteiger charge is 2.37.